The molecule has 27 heavy (non-hydrogen) atoms. The van der Waals surface area contributed by atoms with E-state index in [2.05, 4.69) is 15.2 Å². The van der Waals surface area contributed by atoms with E-state index in [1.54, 1.807) is 29.3 Å². The zero-order valence-corrected chi connectivity index (χ0v) is 15.6. The number of benzene rings is 1. The van der Waals surface area contributed by atoms with Gasteiger partial charge < -0.3 is 19.9 Å². The van der Waals surface area contributed by atoms with Crippen LogP contribution in [0.15, 0.2) is 42.6 Å². The molecule has 2 amide bonds. The number of ether oxygens (including phenoxy) is 1. The van der Waals surface area contributed by atoms with E-state index >= 15 is 0 Å². The van der Waals surface area contributed by atoms with Gasteiger partial charge in [-0.25, -0.2) is 4.98 Å². The van der Waals surface area contributed by atoms with Gasteiger partial charge in [0.05, 0.1) is 18.0 Å². The van der Waals surface area contributed by atoms with Crippen molar-refractivity contribution in [3.8, 4) is 5.75 Å². The summed E-state index contributed by atoms with van der Waals surface area (Å²) in [6, 6.07) is 10.9. The number of rotatable bonds is 6. The van der Waals surface area contributed by atoms with Crippen molar-refractivity contribution in [1.82, 2.24) is 9.88 Å². The summed E-state index contributed by atoms with van der Waals surface area (Å²) < 4.78 is 5.59. The molecule has 0 saturated carbocycles. The predicted octanol–water partition coefficient (Wildman–Crippen LogP) is 2.40. The molecule has 0 spiro atoms. The first-order chi connectivity index (χ1) is 13.0. The minimum atomic E-state index is -0.259. The molecule has 0 aliphatic carbocycles. The summed E-state index contributed by atoms with van der Waals surface area (Å²) in [6.07, 6.45) is 2.69. The average Bonchev–Trinajstić information content (AvgIpc) is 2.69. The Morgan fingerprint density at radius 2 is 1.81 bits per heavy atom. The number of hydrogen-bond donors (Lipinski definition) is 1. The third kappa shape index (κ3) is 4.97. The van der Waals surface area contributed by atoms with Gasteiger partial charge >= 0.3 is 0 Å². The number of anilines is 2. The van der Waals surface area contributed by atoms with Crippen molar-refractivity contribution in [2.24, 2.45) is 0 Å². The van der Waals surface area contributed by atoms with E-state index in [0.29, 0.717) is 24.5 Å². The first-order valence-corrected chi connectivity index (χ1v) is 9.03. The maximum atomic E-state index is 12.4. The topological polar surface area (TPSA) is 74.8 Å². The number of nitrogens with zero attached hydrogens (tertiary/aromatic N) is 3. The van der Waals surface area contributed by atoms with Crippen LogP contribution in [0.4, 0.5) is 11.4 Å². The van der Waals surface area contributed by atoms with Gasteiger partial charge in [0.1, 0.15) is 11.4 Å². The summed E-state index contributed by atoms with van der Waals surface area (Å²) in [5.74, 6) is 0.505. The summed E-state index contributed by atoms with van der Waals surface area (Å²) in [7, 11) is 0. The van der Waals surface area contributed by atoms with Crippen LogP contribution in [-0.4, -0.2) is 54.5 Å². The summed E-state index contributed by atoms with van der Waals surface area (Å²) in [5, 5.41) is 2.84. The molecule has 1 N–H and O–H groups in total. The molecule has 0 radical (unpaired) electrons. The van der Waals surface area contributed by atoms with Crippen molar-refractivity contribution in [1.29, 1.82) is 0 Å². The lowest BCUT2D eigenvalue weighted by molar-refractivity contribution is -0.118. The van der Waals surface area contributed by atoms with Crippen LogP contribution >= 0.6 is 0 Å². The lowest BCUT2D eigenvalue weighted by Gasteiger charge is -2.33. The number of pyridine rings is 1. The molecule has 7 nitrogen and oxygen atoms in total. The van der Waals surface area contributed by atoms with E-state index in [-0.39, 0.29) is 12.0 Å². The number of piperazine rings is 1. The summed E-state index contributed by atoms with van der Waals surface area (Å²) in [5.41, 5.74) is 1.99. The van der Waals surface area contributed by atoms with E-state index in [9.17, 15) is 9.59 Å². The van der Waals surface area contributed by atoms with E-state index in [4.69, 9.17) is 4.74 Å². The van der Waals surface area contributed by atoms with Crippen molar-refractivity contribution < 1.29 is 14.3 Å². The minimum absolute atomic E-state index is 0.106. The highest BCUT2D eigenvalue weighted by Gasteiger charge is 2.16. The molecule has 2 heterocycles. The molecule has 3 rings (SSSR count). The fourth-order valence-electron chi connectivity index (χ4n) is 2.88. The van der Waals surface area contributed by atoms with E-state index < -0.39 is 0 Å². The second-order valence-corrected chi connectivity index (χ2v) is 6.68. The van der Waals surface area contributed by atoms with Gasteiger partial charge in [0.2, 0.25) is 6.41 Å². The van der Waals surface area contributed by atoms with Gasteiger partial charge in [0, 0.05) is 31.9 Å². The number of carbonyl (C=O) groups excluding carboxylic acids is 2. The van der Waals surface area contributed by atoms with Gasteiger partial charge in [-0.1, -0.05) is 0 Å². The van der Waals surface area contributed by atoms with Crippen molar-refractivity contribution >= 4 is 23.7 Å². The molecular weight excluding hydrogens is 344 g/mol. The number of nitrogens with one attached hydrogen (secondary N) is 1. The minimum Gasteiger partial charge on any atom is -0.491 e. The van der Waals surface area contributed by atoms with Crippen LogP contribution < -0.4 is 15.0 Å². The SMILES string of the molecule is CC(C)Oc1ccc(NC(=O)c2ccc(N3CCN(C=O)CC3)cn2)cc1. The number of carbonyl (C=O) groups is 2. The third-order valence-electron chi connectivity index (χ3n) is 4.29. The zero-order valence-electron chi connectivity index (χ0n) is 15.6. The monoisotopic (exact) mass is 368 g/mol. The van der Waals surface area contributed by atoms with Gasteiger partial charge in [-0.15, -0.1) is 0 Å². The van der Waals surface area contributed by atoms with Crippen LogP contribution in [0.25, 0.3) is 0 Å². The van der Waals surface area contributed by atoms with Gasteiger partial charge in [-0.2, -0.15) is 0 Å². The van der Waals surface area contributed by atoms with E-state index in [1.165, 1.54) is 0 Å². The predicted molar refractivity (Wildman–Crippen MR) is 104 cm³/mol. The molecule has 0 bridgehead atoms. The highest BCUT2D eigenvalue weighted by atomic mass is 16.5. The van der Waals surface area contributed by atoms with Crippen molar-refractivity contribution in [2.75, 3.05) is 36.4 Å². The first kappa shape index (κ1) is 18.7. The molecule has 0 unspecified atom stereocenters. The normalized spacial score (nSPS) is 14.2. The number of aromatic nitrogens is 1. The Balaban J connectivity index is 1.58. The molecule has 1 aromatic heterocycles. The maximum absolute atomic E-state index is 12.4. The van der Waals surface area contributed by atoms with E-state index in [0.717, 1.165) is 30.9 Å². The quantitative estimate of drug-likeness (QED) is 0.793. The van der Waals surface area contributed by atoms with Gasteiger partial charge in [-0.3, -0.25) is 9.59 Å². The Morgan fingerprint density at radius 1 is 1.11 bits per heavy atom. The second kappa shape index (κ2) is 8.53. The van der Waals surface area contributed by atoms with Crippen molar-refractivity contribution in [3.05, 3.63) is 48.3 Å². The summed E-state index contributed by atoms with van der Waals surface area (Å²) in [6.45, 7) is 6.85. The van der Waals surface area contributed by atoms with Crippen LogP contribution in [0.2, 0.25) is 0 Å². The molecular formula is C20H24N4O3. The molecule has 1 fully saturated rings. The van der Waals surface area contributed by atoms with Crippen LogP contribution in [-0.2, 0) is 4.79 Å². The average molecular weight is 368 g/mol. The number of amides is 2. The second-order valence-electron chi connectivity index (χ2n) is 6.68. The molecule has 142 valence electrons. The smallest absolute Gasteiger partial charge is 0.274 e. The van der Waals surface area contributed by atoms with Crippen LogP contribution in [0, 0.1) is 0 Å². The highest BCUT2D eigenvalue weighted by molar-refractivity contribution is 6.02. The number of hydrogen-bond acceptors (Lipinski definition) is 5. The van der Waals surface area contributed by atoms with Crippen molar-refractivity contribution in [2.45, 2.75) is 20.0 Å². The Labute approximate surface area is 158 Å². The van der Waals surface area contributed by atoms with Crippen LogP contribution in [0.5, 0.6) is 5.75 Å². The van der Waals surface area contributed by atoms with Gasteiger partial charge in [0.15, 0.2) is 0 Å². The molecule has 1 aliphatic rings. The highest BCUT2D eigenvalue weighted by Crippen LogP contribution is 2.19. The Morgan fingerprint density at radius 3 is 2.37 bits per heavy atom. The molecule has 2 aromatic rings. The summed E-state index contributed by atoms with van der Waals surface area (Å²) in [4.78, 5) is 31.4. The zero-order chi connectivity index (χ0) is 19.2. The lowest BCUT2D eigenvalue weighted by Crippen LogP contribution is -2.45. The Hall–Kier alpha value is -3.09. The standard InChI is InChI=1S/C20H24N4O3/c1-15(2)27-18-6-3-16(4-7-18)22-20(26)19-8-5-17(13-21-19)24-11-9-23(14-25)10-12-24/h3-8,13-15H,9-12H2,1-2H3,(H,22,26). The van der Waals surface area contributed by atoms with E-state index in [1.807, 2.05) is 32.0 Å². The maximum Gasteiger partial charge on any atom is 0.274 e. The Bertz CT molecular complexity index is 767. The fraction of sp³-hybridized carbons (Fsp3) is 0.350. The van der Waals surface area contributed by atoms with Gasteiger partial charge in [0.25, 0.3) is 5.91 Å². The summed E-state index contributed by atoms with van der Waals surface area (Å²) >= 11 is 0. The van der Waals surface area contributed by atoms with Crippen LogP contribution in [0.1, 0.15) is 24.3 Å². The first-order valence-electron chi connectivity index (χ1n) is 9.03. The largest absolute Gasteiger partial charge is 0.491 e. The van der Waals surface area contributed by atoms with Crippen molar-refractivity contribution in [3.63, 3.8) is 0 Å². The molecule has 1 saturated heterocycles. The van der Waals surface area contributed by atoms with Crippen LogP contribution in [0.3, 0.4) is 0 Å². The van der Waals surface area contributed by atoms with Gasteiger partial charge in [-0.05, 0) is 50.2 Å². The third-order valence-corrected chi connectivity index (χ3v) is 4.29. The fourth-order valence-corrected chi connectivity index (χ4v) is 2.88. The molecule has 1 aliphatic heterocycles. The Kier molecular flexibility index (Phi) is 5.90. The molecule has 1 aromatic carbocycles. The molecule has 7 heteroatoms. The lowest BCUT2D eigenvalue weighted by atomic mass is 10.2. The molecule has 0 atom stereocenters.